The van der Waals surface area contributed by atoms with E-state index in [2.05, 4.69) is 38.2 Å². The van der Waals surface area contributed by atoms with Crippen molar-refractivity contribution >= 4 is 0 Å². The molecule has 3 N–H and O–H groups in total. The molecule has 0 saturated carbocycles. The van der Waals surface area contributed by atoms with E-state index in [1.807, 2.05) is 4.90 Å². The van der Waals surface area contributed by atoms with Crippen LogP contribution in [0.25, 0.3) is 0 Å². The SMILES string of the molecule is CCCCCC/C=C/CC(O)CN(CCO)CC(O)C/C=C/CCCCCC. The first-order valence-corrected chi connectivity index (χ1v) is 11.6. The average Bonchev–Trinajstić information content (AvgIpc) is 2.66. The lowest BCUT2D eigenvalue weighted by atomic mass is 10.1. The van der Waals surface area contributed by atoms with E-state index < -0.39 is 12.2 Å². The summed E-state index contributed by atoms with van der Waals surface area (Å²) in [5.41, 5.74) is 0. The molecule has 0 aliphatic carbocycles. The van der Waals surface area contributed by atoms with Gasteiger partial charge in [0.1, 0.15) is 0 Å². The van der Waals surface area contributed by atoms with Crippen molar-refractivity contribution in [2.45, 2.75) is 103 Å². The highest BCUT2D eigenvalue weighted by molar-refractivity contribution is 4.87. The molecule has 0 fully saturated rings. The first-order chi connectivity index (χ1) is 13.6. The molecule has 0 aromatic carbocycles. The molecule has 4 heteroatoms. The third-order valence-corrected chi connectivity index (χ3v) is 4.95. The molecule has 0 aromatic rings. The van der Waals surface area contributed by atoms with E-state index in [1.165, 1.54) is 51.4 Å². The fourth-order valence-electron chi connectivity index (χ4n) is 3.26. The van der Waals surface area contributed by atoms with Gasteiger partial charge < -0.3 is 15.3 Å². The number of unbranched alkanes of at least 4 members (excludes halogenated alkanes) is 8. The monoisotopic (exact) mass is 397 g/mol. The Morgan fingerprint density at radius 3 is 1.54 bits per heavy atom. The van der Waals surface area contributed by atoms with Gasteiger partial charge in [-0.2, -0.15) is 0 Å². The number of hydrogen-bond acceptors (Lipinski definition) is 4. The summed E-state index contributed by atoms with van der Waals surface area (Å²) in [5, 5.41) is 29.8. The molecule has 0 radical (unpaired) electrons. The Balaban J connectivity index is 4.01. The summed E-state index contributed by atoms with van der Waals surface area (Å²) in [4.78, 5) is 1.96. The summed E-state index contributed by atoms with van der Waals surface area (Å²) < 4.78 is 0. The van der Waals surface area contributed by atoms with E-state index in [4.69, 9.17) is 0 Å². The van der Waals surface area contributed by atoms with Crippen LogP contribution in [0.15, 0.2) is 24.3 Å². The van der Waals surface area contributed by atoms with Gasteiger partial charge in [0.2, 0.25) is 0 Å². The van der Waals surface area contributed by atoms with E-state index in [0.29, 0.717) is 32.5 Å². The predicted molar refractivity (Wildman–Crippen MR) is 121 cm³/mol. The minimum Gasteiger partial charge on any atom is -0.395 e. The number of allylic oxidation sites excluding steroid dienone is 2. The molecule has 0 aromatic heterocycles. The van der Waals surface area contributed by atoms with Crippen molar-refractivity contribution < 1.29 is 15.3 Å². The van der Waals surface area contributed by atoms with Gasteiger partial charge in [-0.05, 0) is 38.5 Å². The lowest BCUT2D eigenvalue weighted by molar-refractivity contribution is 0.0617. The fourth-order valence-corrected chi connectivity index (χ4v) is 3.26. The maximum absolute atomic E-state index is 10.2. The van der Waals surface area contributed by atoms with Gasteiger partial charge in [0, 0.05) is 19.6 Å². The van der Waals surface area contributed by atoms with Crippen molar-refractivity contribution in [2.75, 3.05) is 26.2 Å². The molecule has 0 bridgehead atoms. The van der Waals surface area contributed by atoms with Crippen LogP contribution in [0.4, 0.5) is 0 Å². The number of aliphatic hydroxyl groups is 3. The van der Waals surface area contributed by atoms with E-state index in [0.717, 1.165) is 12.8 Å². The van der Waals surface area contributed by atoms with Crippen LogP contribution in [-0.2, 0) is 0 Å². The molecule has 2 unspecified atom stereocenters. The summed E-state index contributed by atoms with van der Waals surface area (Å²) >= 11 is 0. The van der Waals surface area contributed by atoms with E-state index >= 15 is 0 Å². The van der Waals surface area contributed by atoms with Crippen LogP contribution in [0.1, 0.15) is 90.9 Å². The van der Waals surface area contributed by atoms with Crippen LogP contribution >= 0.6 is 0 Å². The van der Waals surface area contributed by atoms with Crippen LogP contribution in [0, 0.1) is 0 Å². The molecule has 0 heterocycles. The molecule has 28 heavy (non-hydrogen) atoms. The molecule has 0 aliphatic rings. The number of rotatable bonds is 20. The second-order valence-electron chi connectivity index (χ2n) is 7.90. The quantitative estimate of drug-likeness (QED) is 0.203. The molecule has 0 rings (SSSR count). The van der Waals surface area contributed by atoms with Crippen molar-refractivity contribution in [3.05, 3.63) is 24.3 Å². The Morgan fingerprint density at radius 1 is 0.679 bits per heavy atom. The summed E-state index contributed by atoms with van der Waals surface area (Å²) in [5.74, 6) is 0. The topological polar surface area (TPSA) is 63.9 Å². The number of aliphatic hydroxyl groups excluding tert-OH is 3. The highest BCUT2D eigenvalue weighted by Crippen LogP contribution is 2.07. The molecule has 0 spiro atoms. The van der Waals surface area contributed by atoms with Crippen molar-refractivity contribution in [3.63, 3.8) is 0 Å². The largest absolute Gasteiger partial charge is 0.395 e. The minimum absolute atomic E-state index is 0.0416. The van der Waals surface area contributed by atoms with E-state index in [-0.39, 0.29) is 6.61 Å². The molecule has 0 saturated heterocycles. The molecular formula is C24H47NO3. The Labute approximate surface area is 174 Å². The molecule has 2 atom stereocenters. The predicted octanol–water partition coefficient (Wildman–Crippen LogP) is 4.84. The summed E-state index contributed by atoms with van der Waals surface area (Å²) in [6.07, 6.45) is 21.0. The third kappa shape index (κ3) is 18.7. The summed E-state index contributed by atoms with van der Waals surface area (Å²) in [6, 6.07) is 0. The van der Waals surface area contributed by atoms with Gasteiger partial charge in [-0.25, -0.2) is 0 Å². The van der Waals surface area contributed by atoms with Crippen LogP contribution in [0.5, 0.6) is 0 Å². The van der Waals surface area contributed by atoms with Gasteiger partial charge in [-0.1, -0.05) is 76.7 Å². The maximum Gasteiger partial charge on any atom is 0.0701 e. The van der Waals surface area contributed by atoms with Crippen molar-refractivity contribution in [1.29, 1.82) is 0 Å². The van der Waals surface area contributed by atoms with E-state index in [9.17, 15) is 15.3 Å². The lowest BCUT2D eigenvalue weighted by Crippen LogP contribution is -2.39. The second kappa shape index (κ2) is 21.0. The number of hydrogen-bond donors (Lipinski definition) is 3. The minimum atomic E-state index is -0.459. The fraction of sp³-hybridized carbons (Fsp3) is 0.833. The highest BCUT2D eigenvalue weighted by atomic mass is 16.3. The standard InChI is InChI=1S/C24H47NO3/c1-3-5-7-9-11-13-15-17-23(27)21-25(19-20-26)22-24(28)18-16-14-12-10-8-6-4-2/h13-16,23-24,26-28H,3-12,17-22H2,1-2H3/b15-13+,16-14+. The molecule has 0 aliphatic heterocycles. The summed E-state index contributed by atoms with van der Waals surface area (Å²) in [6.45, 7) is 5.92. The first kappa shape index (κ1) is 27.3. The molecule has 4 nitrogen and oxygen atoms in total. The lowest BCUT2D eigenvalue weighted by Gasteiger charge is -2.26. The molecule has 0 amide bonds. The zero-order chi connectivity index (χ0) is 20.9. The van der Waals surface area contributed by atoms with Crippen LogP contribution < -0.4 is 0 Å². The summed E-state index contributed by atoms with van der Waals surface area (Å²) in [7, 11) is 0. The first-order valence-electron chi connectivity index (χ1n) is 11.6. The van der Waals surface area contributed by atoms with Crippen LogP contribution in [0.2, 0.25) is 0 Å². The second-order valence-corrected chi connectivity index (χ2v) is 7.90. The van der Waals surface area contributed by atoms with Crippen molar-refractivity contribution in [2.24, 2.45) is 0 Å². The normalized spacial score (nSPS) is 14.5. The zero-order valence-corrected chi connectivity index (χ0v) is 18.6. The van der Waals surface area contributed by atoms with Gasteiger partial charge in [-0.3, -0.25) is 4.90 Å². The van der Waals surface area contributed by atoms with Crippen LogP contribution in [-0.4, -0.2) is 58.7 Å². The Hall–Kier alpha value is -0.680. The van der Waals surface area contributed by atoms with Crippen LogP contribution in [0.3, 0.4) is 0 Å². The number of nitrogens with zero attached hydrogens (tertiary/aromatic N) is 1. The van der Waals surface area contributed by atoms with Gasteiger partial charge in [0.15, 0.2) is 0 Å². The third-order valence-electron chi connectivity index (χ3n) is 4.95. The van der Waals surface area contributed by atoms with E-state index in [1.54, 1.807) is 0 Å². The Kier molecular flexibility index (Phi) is 20.5. The Morgan fingerprint density at radius 2 is 1.14 bits per heavy atom. The maximum atomic E-state index is 10.2. The van der Waals surface area contributed by atoms with Gasteiger partial charge in [-0.15, -0.1) is 0 Å². The smallest absolute Gasteiger partial charge is 0.0701 e. The highest BCUT2D eigenvalue weighted by Gasteiger charge is 2.14. The van der Waals surface area contributed by atoms with Gasteiger partial charge in [0.25, 0.3) is 0 Å². The molecule has 166 valence electrons. The average molecular weight is 398 g/mol. The Bertz CT molecular complexity index is 339. The van der Waals surface area contributed by atoms with Gasteiger partial charge in [0.05, 0.1) is 18.8 Å². The van der Waals surface area contributed by atoms with Gasteiger partial charge >= 0.3 is 0 Å². The van der Waals surface area contributed by atoms with Crippen molar-refractivity contribution in [1.82, 2.24) is 4.90 Å². The zero-order valence-electron chi connectivity index (χ0n) is 18.6. The molecular weight excluding hydrogens is 350 g/mol. The van der Waals surface area contributed by atoms with Crippen molar-refractivity contribution in [3.8, 4) is 0 Å².